The van der Waals surface area contributed by atoms with Crippen LogP contribution < -0.4 is 0 Å². The Bertz CT molecular complexity index is 656. The highest BCUT2D eigenvalue weighted by Gasteiger charge is 2.36. The lowest BCUT2D eigenvalue weighted by molar-refractivity contribution is -0.138. The Morgan fingerprint density at radius 2 is 2.38 bits per heavy atom. The molecule has 0 radical (unpaired) electrons. The molecule has 0 aromatic carbocycles. The number of nitrogens with one attached hydrogen (secondary N) is 1. The van der Waals surface area contributed by atoms with Gasteiger partial charge in [-0.15, -0.1) is 0 Å². The Balaban J connectivity index is 1.69. The Morgan fingerprint density at radius 1 is 1.50 bits per heavy atom. The smallest absolute Gasteiger partial charge is 0.303 e. The van der Waals surface area contributed by atoms with Gasteiger partial charge in [-0.1, -0.05) is 0 Å². The van der Waals surface area contributed by atoms with Crippen molar-refractivity contribution < 1.29 is 14.6 Å². The zero-order valence-electron chi connectivity index (χ0n) is 13.6. The van der Waals surface area contributed by atoms with E-state index in [-0.39, 0.29) is 18.3 Å². The summed E-state index contributed by atoms with van der Waals surface area (Å²) in [7, 11) is 1.68. The van der Waals surface area contributed by atoms with Gasteiger partial charge in [-0.3, -0.25) is 9.69 Å². The number of imidazole rings is 1. The summed E-state index contributed by atoms with van der Waals surface area (Å²) in [5, 5.41) is 19.8. The van der Waals surface area contributed by atoms with Crippen LogP contribution >= 0.6 is 0 Å². The zero-order chi connectivity index (χ0) is 16.9. The number of carbonyl (C=O) groups is 1. The number of hydrogen-bond donors (Lipinski definition) is 2. The van der Waals surface area contributed by atoms with Crippen molar-refractivity contribution in [2.75, 3.05) is 26.8 Å². The number of nitrogens with zero attached hydrogens (tertiary/aromatic N) is 5. The average molecular weight is 334 g/mol. The Labute approximate surface area is 139 Å². The number of ether oxygens (including phenoxy) is 1. The van der Waals surface area contributed by atoms with Gasteiger partial charge >= 0.3 is 5.97 Å². The van der Waals surface area contributed by atoms with Crippen LogP contribution in [0, 0.1) is 5.92 Å². The van der Waals surface area contributed by atoms with Crippen molar-refractivity contribution in [3.63, 3.8) is 0 Å². The minimum atomic E-state index is -0.781. The number of likely N-dealkylation sites (tertiary alicyclic amines) is 1. The van der Waals surface area contributed by atoms with Gasteiger partial charge in [0.25, 0.3) is 0 Å². The molecule has 2 N–H and O–H groups in total. The first kappa shape index (κ1) is 16.6. The lowest BCUT2D eigenvalue weighted by Crippen LogP contribution is -2.23. The summed E-state index contributed by atoms with van der Waals surface area (Å²) in [6.45, 7) is 3.53. The van der Waals surface area contributed by atoms with Crippen LogP contribution in [0.5, 0.6) is 0 Å². The first-order valence-electron chi connectivity index (χ1n) is 7.96. The average Bonchev–Trinajstić information content (AvgIpc) is 3.26. The van der Waals surface area contributed by atoms with Gasteiger partial charge in [0.05, 0.1) is 31.5 Å². The molecule has 2 aromatic heterocycles. The highest BCUT2D eigenvalue weighted by molar-refractivity contribution is 5.67. The van der Waals surface area contributed by atoms with Crippen molar-refractivity contribution in [3.8, 4) is 0 Å². The van der Waals surface area contributed by atoms with Gasteiger partial charge in [-0.05, 0) is 5.92 Å². The number of rotatable bonds is 8. The molecule has 0 unspecified atom stereocenters. The highest BCUT2D eigenvalue weighted by Crippen LogP contribution is 2.34. The molecule has 3 rings (SSSR count). The van der Waals surface area contributed by atoms with Gasteiger partial charge in [-0.2, -0.15) is 15.4 Å². The Morgan fingerprint density at radius 3 is 3.08 bits per heavy atom. The van der Waals surface area contributed by atoms with Gasteiger partial charge in [0, 0.05) is 45.1 Å². The van der Waals surface area contributed by atoms with Crippen molar-refractivity contribution in [2.24, 2.45) is 5.92 Å². The third-order valence-electron chi connectivity index (χ3n) is 4.47. The van der Waals surface area contributed by atoms with Crippen LogP contribution in [-0.2, 0) is 22.6 Å². The van der Waals surface area contributed by atoms with Gasteiger partial charge < -0.3 is 14.4 Å². The number of hydrogen-bond acceptors (Lipinski definition) is 6. The zero-order valence-corrected chi connectivity index (χ0v) is 13.6. The minimum Gasteiger partial charge on any atom is -0.481 e. The molecule has 9 nitrogen and oxygen atoms in total. The normalized spacial score (nSPS) is 21.4. The summed E-state index contributed by atoms with van der Waals surface area (Å²) >= 11 is 0. The first-order valence-corrected chi connectivity index (χ1v) is 7.96. The molecule has 1 aliphatic heterocycles. The molecule has 1 aliphatic rings. The number of H-pyrrole nitrogens is 1. The fraction of sp³-hybridized carbons (Fsp3) is 0.600. The quantitative estimate of drug-likeness (QED) is 0.716. The van der Waals surface area contributed by atoms with Crippen LogP contribution in [0.25, 0.3) is 0 Å². The summed E-state index contributed by atoms with van der Waals surface area (Å²) in [5.74, 6) is 0.274. The van der Waals surface area contributed by atoms with Crippen LogP contribution in [0.2, 0.25) is 0 Å². The third-order valence-corrected chi connectivity index (χ3v) is 4.47. The minimum absolute atomic E-state index is 0.0231. The molecule has 1 saturated heterocycles. The molecule has 9 heteroatoms. The maximum absolute atomic E-state index is 11.2. The Hall–Kier alpha value is -2.26. The summed E-state index contributed by atoms with van der Waals surface area (Å²) in [6.07, 6.45) is 5.54. The van der Waals surface area contributed by atoms with E-state index in [2.05, 4.69) is 29.9 Å². The molecule has 0 saturated carbocycles. The lowest BCUT2D eigenvalue weighted by Gasteiger charge is -2.16. The molecule has 0 bridgehead atoms. The monoisotopic (exact) mass is 334 g/mol. The molecule has 0 spiro atoms. The molecule has 0 amide bonds. The van der Waals surface area contributed by atoms with Gasteiger partial charge in [0.2, 0.25) is 0 Å². The predicted octanol–water partition coefficient (Wildman–Crippen LogP) is 0.338. The van der Waals surface area contributed by atoms with Crippen LogP contribution in [0.3, 0.4) is 0 Å². The van der Waals surface area contributed by atoms with Crippen molar-refractivity contribution in [1.82, 2.24) is 29.9 Å². The molecule has 2 aromatic rings. The molecule has 130 valence electrons. The topological polar surface area (TPSA) is 109 Å². The number of aromatic amines is 1. The second-order valence-electron chi connectivity index (χ2n) is 6.08. The number of aliphatic carboxylic acids is 1. The van der Waals surface area contributed by atoms with Crippen LogP contribution in [0.1, 0.15) is 23.9 Å². The van der Waals surface area contributed by atoms with Gasteiger partial charge in [-0.25, -0.2) is 4.98 Å². The van der Waals surface area contributed by atoms with Crippen LogP contribution in [0.4, 0.5) is 0 Å². The van der Waals surface area contributed by atoms with E-state index in [0.29, 0.717) is 19.7 Å². The van der Waals surface area contributed by atoms with Crippen molar-refractivity contribution in [2.45, 2.75) is 25.4 Å². The van der Waals surface area contributed by atoms with E-state index in [4.69, 9.17) is 4.74 Å². The number of carboxylic acids is 1. The molecule has 24 heavy (non-hydrogen) atoms. The summed E-state index contributed by atoms with van der Waals surface area (Å²) in [5.41, 5.74) is 0.825. The van der Waals surface area contributed by atoms with Crippen LogP contribution in [-0.4, -0.2) is 67.7 Å². The fourth-order valence-electron chi connectivity index (χ4n) is 3.33. The number of aromatic nitrogens is 5. The lowest BCUT2D eigenvalue weighted by atomic mass is 9.91. The van der Waals surface area contributed by atoms with Crippen molar-refractivity contribution in [1.29, 1.82) is 0 Å². The van der Waals surface area contributed by atoms with Crippen molar-refractivity contribution in [3.05, 3.63) is 30.1 Å². The largest absolute Gasteiger partial charge is 0.481 e. The standard InChI is InChI=1S/C15H22N6O3/c1-24-5-4-21-3-2-16-14(21)10-20-8-11(6-15(22)23)12(9-20)13-7-17-19-18-13/h2-3,7,11-12H,4-6,8-10H2,1H3,(H,22,23)(H,17,18,19)/t11-,12+/m0/s1. The number of carboxylic acid groups (broad SMARTS) is 1. The van der Waals surface area contributed by atoms with Gasteiger partial charge in [0.1, 0.15) is 5.82 Å². The van der Waals surface area contributed by atoms with Crippen molar-refractivity contribution >= 4 is 5.97 Å². The Kier molecular flexibility index (Phi) is 5.21. The molecule has 0 aliphatic carbocycles. The van der Waals surface area contributed by atoms with E-state index < -0.39 is 5.97 Å². The summed E-state index contributed by atoms with van der Waals surface area (Å²) in [6, 6.07) is 0. The van der Waals surface area contributed by atoms with E-state index in [9.17, 15) is 9.90 Å². The SMILES string of the molecule is COCCn1ccnc1CN1C[C@H](CC(=O)O)[C@H](c2cn[nH]n2)C1. The predicted molar refractivity (Wildman–Crippen MR) is 84.2 cm³/mol. The maximum Gasteiger partial charge on any atom is 0.303 e. The van der Waals surface area contributed by atoms with Gasteiger partial charge in [0.15, 0.2) is 0 Å². The molecule has 3 heterocycles. The molecular formula is C15H22N6O3. The second-order valence-corrected chi connectivity index (χ2v) is 6.08. The van der Waals surface area contributed by atoms with Crippen LogP contribution in [0.15, 0.2) is 18.6 Å². The molecule has 1 fully saturated rings. The van der Waals surface area contributed by atoms with E-state index >= 15 is 0 Å². The summed E-state index contributed by atoms with van der Waals surface area (Å²) < 4.78 is 7.19. The molecule has 2 atom stereocenters. The maximum atomic E-state index is 11.2. The van der Waals surface area contributed by atoms with E-state index in [1.165, 1.54) is 0 Å². The highest BCUT2D eigenvalue weighted by atomic mass is 16.5. The number of methoxy groups -OCH3 is 1. The van der Waals surface area contributed by atoms with E-state index in [1.807, 2.05) is 6.20 Å². The fourth-order valence-corrected chi connectivity index (χ4v) is 3.33. The summed E-state index contributed by atoms with van der Waals surface area (Å²) in [4.78, 5) is 17.8. The van der Waals surface area contributed by atoms with E-state index in [0.717, 1.165) is 24.6 Å². The molecular weight excluding hydrogens is 312 g/mol. The van der Waals surface area contributed by atoms with E-state index in [1.54, 1.807) is 19.5 Å². The second kappa shape index (κ2) is 7.54. The third kappa shape index (κ3) is 3.80. The first-order chi connectivity index (χ1) is 11.7.